The first kappa shape index (κ1) is 15.8. The van der Waals surface area contributed by atoms with E-state index in [9.17, 15) is 5.11 Å². The molecular formula is C19H19NO2S. The summed E-state index contributed by atoms with van der Waals surface area (Å²) in [7, 11) is 0. The fourth-order valence-electron chi connectivity index (χ4n) is 2.70. The summed E-state index contributed by atoms with van der Waals surface area (Å²) in [6, 6.07) is 19.6. The quantitative estimate of drug-likeness (QED) is 0.715. The fraction of sp³-hybridized carbons (Fsp3) is 0.211. The van der Waals surface area contributed by atoms with Crippen molar-refractivity contribution in [2.24, 2.45) is 0 Å². The van der Waals surface area contributed by atoms with E-state index in [1.807, 2.05) is 73.8 Å². The van der Waals surface area contributed by atoms with Crippen LogP contribution in [0.15, 0.2) is 70.1 Å². The van der Waals surface area contributed by atoms with Gasteiger partial charge in [0.2, 0.25) is 0 Å². The third-order valence-electron chi connectivity index (χ3n) is 3.93. The molecule has 2 aromatic carbocycles. The van der Waals surface area contributed by atoms with E-state index in [2.05, 4.69) is 5.16 Å². The molecule has 0 saturated carbocycles. The number of benzene rings is 2. The van der Waals surface area contributed by atoms with Crippen molar-refractivity contribution >= 4 is 11.8 Å². The maximum Gasteiger partial charge on any atom is 0.140 e. The van der Waals surface area contributed by atoms with Crippen molar-refractivity contribution in [1.82, 2.24) is 5.16 Å². The van der Waals surface area contributed by atoms with Crippen LogP contribution >= 0.6 is 11.8 Å². The molecular weight excluding hydrogens is 306 g/mol. The van der Waals surface area contributed by atoms with Gasteiger partial charge in [0.15, 0.2) is 0 Å². The smallest absolute Gasteiger partial charge is 0.140 e. The molecule has 4 heteroatoms. The van der Waals surface area contributed by atoms with E-state index in [0.29, 0.717) is 12.2 Å². The largest absolute Gasteiger partial charge is 0.380 e. The van der Waals surface area contributed by atoms with Crippen LogP contribution in [-0.4, -0.2) is 16.5 Å². The van der Waals surface area contributed by atoms with Crippen LogP contribution in [-0.2, 0) is 12.0 Å². The monoisotopic (exact) mass is 325 g/mol. The van der Waals surface area contributed by atoms with Gasteiger partial charge in [-0.05, 0) is 36.4 Å². The van der Waals surface area contributed by atoms with Crippen LogP contribution < -0.4 is 0 Å². The Labute approximate surface area is 140 Å². The Kier molecular flexibility index (Phi) is 4.55. The zero-order chi connectivity index (χ0) is 16.3. The summed E-state index contributed by atoms with van der Waals surface area (Å²) < 4.78 is 5.33. The minimum atomic E-state index is -1.15. The Morgan fingerprint density at radius 3 is 2.26 bits per heavy atom. The summed E-state index contributed by atoms with van der Waals surface area (Å²) in [6.45, 7) is 1.88. The van der Waals surface area contributed by atoms with Crippen molar-refractivity contribution in [1.29, 1.82) is 0 Å². The van der Waals surface area contributed by atoms with Gasteiger partial charge in [0.1, 0.15) is 11.4 Å². The van der Waals surface area contributed by atoms with Crippen LogP contribution in [0.3, 0.4) is 0 Å². The molecule has 0 spiro atoms. The molecule has 1 N–H and O–H groups in total. The number of aromatic nitrogens is 1. The van der Waals surface area contributed by atoms with E-state index in [1.165, 1.54) is 4.90 Å². The Morgan fingerprint density at radius 2 is 1.70 bits per heavy atom. The highest BCUT2D eigenvalue weighted by atomic mass is 32.2. The maximum absolute atomic E-state index is 11.5. The normalized spacial score (nSPS) is 13.7. The zero-order valence-electron chi connectivity index (χ0n) is 13.2. The number of hydrogen-bond acceptors (Lipinski definition) is 4. The highest BCUT2D eigenvalue weighted by Gasteiger charge is 2.33. The standard InChI is InChI=1S/C19H19NO2S/c1-14-12-17(22-20-14)13-19(21,15-6-4-3-5-7-15)16-8-10-18(23-2)11-9-16/h3-12,21H,13H2,1-2H3. The zero-order valence-corrected chi connectivity index (χ0v) is 14.0. The molecule has 3 rings (SSSR count). The number of aliphatic hydroxyl groups is 1. The summed E-state index contributed by atoms with van der Waals surface area (Å²) in [5.74, 6) is 0.669. The van der Waals surface area contributed by atoms with Gasteiger partial charge in [-0.15, -0.1) is 11.8 Å². The number of nitrogens with zero attached hydrogens (tertiary/aromatic N) is 1. The van der Waals surface area contributed by atoms with E-state index < -0.39 is 5.60 Å². The fourth-order valence-corrected chi connectivity index (χ4v) is 3.11. The van der Waals surface area contributed by atoms with Crippen molar-refractivity contribution in [3.63, 3.8) is 0 Å². The molecule has 23 heavy (non-hydrogen) atoms. The SMILES string of the molecule is CSc1ccc(C(O)(Cc2cc(C)no2)c2ccccc2)cc1. The molecule has 1 heterocycles. The molecule has 0 saturated heterocycles. The molecule has 0 fully saturated rings. The number of aryl methyl sites for hydroxylation is 1. The molecule has 1 unspecified atom stereocenters. The van der Waals surface area contributed by atoms with E-state index in [1.54, 1.807) is 11.8 Å². The van der Waals surface area contributed by atoms with Crippen LogP contribution in [0.5, 0.6) is 0 Å². The highest BCUT2D eigenvalue weighted by Crippen LogP contribution is 2.34. The molecule has 0 bridgehead atoms. The molecule has 3 nitrogen and oxygen atoms in total. The van der Waals surface area contributed by atoms with Gasteiger partial charge in [0.05, 0.1) is 5.69 Å². The average Bonchev–Trinajstić information content (AvgIpc) is 3.00. The molecule has 3 aromatic rings. The Hall–Kier alpha value is -2.04. The Morgan fingerprint density at radius 1 is 1.04 bits per heavy atom. The summed E-state index contributed by atoms with van der Waals surface area (Å²) in [5.41, 5.74) is 1.35. The van der Waals surface area contributed by atoms with Crippen LogP contribution in [0.25, 0.3) is 0 Å². The van der Waals surface area contributed by atoms with Crippen LogP contribution in [0, 0.1) is 6.92 Å². The first-order valence-electron chi connectivity index (χ1n) is 7.46. The molecule has 0 amide bonds. The Bertz CT molecular complexity index is 768. The van der Waals surface area contributed by atoms with Gasteiger partial charge in [0, 0.05) is 17.4 Å². The lowest BCUT2D eigenvalue weighted by Crippen LogP contribution is -2.30. The number of thioether (sulfide) groups is 1. The van der Waals surface area contributed by atoms with Crippen molar-refractivity contribution < 1.29 is 9.63 Å². The van der Waals surface area contributed by atoms with Gasteiger partial charge in [-0.1, -0.05) is 47.6 Å². The first-order valence-corrected chi connectivity index (χ1v) is 8.69. The topological polar surface area (TPSA) is 46.3 Å². The van der Waals surface area contributed by atoms with E-state index in [0.717, 1.165) is 16.8 Å². The highest BCUT2D eigenvalue weighted by molar-refractivity contribution is 7.98. The van der Waals surface area contributed by atoms with E-state index in [-0.39, 0.29) is 0 Å². The summed E-state index contributed by atoms with van der Waals surface area (Å²) >= 11 is 1.68. The number of rotatable bonds is 5. The molecule has 1 atom stereocenters. The summed E-state index contributed by atoms with van der Waals surface area (Å²) in [4.78, 5) is 1.17. The lowest BCUT2D eigenvalue weighted by atomic mass is 9.83. The van der Waals surface area contributed by atoms with Gasteiger partial charge in [-0.25, -0.2) is 0 Å². The lowest BCUT2D eigenvalue weighted by molar-refractivity contribution is 0.0732. The first-order chi connectivity index (χ1) is 11.1. The predicted octanol–water partition coefficient (Wildman–Crippen LogP) is 4.18. The summed E-state index contributed by atoms with van der Waals surface area (Å²) in [6.07, 6.45) is 2.38. The van der Waals surface area contributed by atoms with E-state index in [4.69, 9.17) is 4.52 Å². The van der Waals surface area contributed by atoms with Gasteiger partial charge >= 0.3 is 0 Å². The lowest BCUT2D eigenvalue weighted by Gasteiger charge is -2.28. The van der Waals surface area contributed by atoms with Gasteiger partial charge in [0.25, 0.3) is 0 Å². The van der Waals surface area contributed by atoms with Crippen molar-refractivity contribution in [3.05, 3.63) is 83.2 Å². The molecule has 0 radical (unpaired) electrons. The second kappa shape index (κ2) is 6.60. The molecule has 1 aromatic heterocycles. The molecule has 0 aliphatic carbocycles. The maximum atomic E-state index is 11.5. The van der Waals surface area contributed by atoms with Crippen molar-refractivity contribution in [2.75, 3.05) is 6.26 Å². The van der Waals surface area contributed by atoms with Crippen LogP contribution in [0.1, 0.15) is 22.6 Å². The van der Waals surface area contributed by atoms with Gasteiger partial charge in [-0.2, -0.15) is 0 Å². The molecule has 0 aliphatic heterocycles. The minimum Gasteiger partial charge on any atom is -0.380 e. The third kappa shape index (κ3) is 3.33. The second-order valence-corrected chi connectivity index (χ2v) is 6.45. The van der Waals surface area contributed by atoms with Crippen LogP contribution in [0.4, 0.5) is 0 Å². The van der Waals surface area contributed by atoms with Crippen molar-refractivity contribution in [3.8, 4) is 0 Å². The third-order valence-corrected chi connectivity index (χ3v) is 4.67. The van der Waals surface area contributed by atoms with Crippen molar-refractivity contribution in [2.45, 2.75) is 23.8 Å². The van der Waals surface area contributed by atoms with Gasteiger partial charge in [-0.3, -0.25) is 0 Å². The minimum absolute atomic E-state index is 0.344. The summed E-state index contributed by atoms with van der Waals surface area (Å²) in [5, 5.41) is 15.4. The predicted molar refractivity (Wildman–Crippen MR) is 92.6 cm³/mol. The van der Waals surface area contributed by atoms with Crippen LogP contribution in [0.2, 0.25) is 0 Å². The average molecular weight is 325 g/mol. The molecule has 0 aliphatic rings. The van der Waals surface area contributed by atoms with E-state index >= 15 is 0 Å². The number of hydrogen-bond donors (Lipinski definition) is 1. The second-order valence-electron chi connectivity index (χ2n) is 5.57. The molecule has 118 valence electrons. The Balaban J connectivity index is 2.05. The van der Waals surface area contributed by atoms with Gasteiger partial charge < -0.3 is 9.63 Å².